The molecule has 108 valence electrons. The van der Waals surface area contributed by atoms with Crippen molar-refractivity contribution in [1.29, 1.82) is 0 Å². The average molecular weight is 336 g/mol. The predicted octanol–water partition coefficient (Wildman–Crippen LogP) is 4.50. The van der Waals surface area contributed by atoms with Gasteiger partial charge >= 0.3 is 0 Å². The van der Waals surface area contributed by atoms with Crippen LogP contribution in [0.4, 0.5) is 11.5 Å². The molecule has 1 heterocycles. The highest BCUT2D eigenvalue weighted by atomic mass is 79.9. The zero-order chi connectivity index (χ0) is 14.8. The second-order valence-electron chi connectivity index (χ2n) is 4.11. The molecule has 0 aliphatic heterocycles. The summed E-state index contributed by atoms with van der Waals surface area (Å²) in [5.74, 6) is 0.756. The first kappa shape index (κ1) is 16.5. The number of halogens is 1. The summed E-state index contributed by atoms with van der Waals surface area (Å²) in [5, 5.41) is 3.25. The molecular weight excluding hydrogens is 314 g/mol. The number of pyridine rings is 1. The molecule has 0 unspecified atom stereocenters. The first-order valence-electron chi connectivity index (χ1n) is 6.94. The Balaban J connectivity index is 0.000000956. The van der Waals surface area contributed by atoms with Gasteiger partial charge in [0.1, 0.15) is 5.82 Å². The Kier molecular flexibility index (Phi) is 7.73. The number of anilines is 2. The SMILES string of the molecule is CC.Nc1cc(Br)cnc1NCCCc1ccccc1. The van der Waals surface area contributed by atoms with Crippen LogP contribution in [0.1, 0.15) is 25.8 Å². The molecule has 0 saturated carbocycles. The molecule has 0 bridgehead atoms. The van der Waals surface area contributed by atoms with Crippen molar-refractivity contribution >= 4 is 27.4 Å². The minimum Gasteiger partial charge on any atom is -0.396 e. The smallest absolute Gasteiger partial charge is 0.149 e. The van der Waals surface area contributed by atoms with Crippen LogP contribution in [0.15, 0.2) is 47.1 Å². The van der Waals surface area contributed by atoms with E-state index in [1.165, 1.54) is 5.56 Å². The van der Waals surface area contributed by atoms with Gasteiger partial charge in [-0.3, -0.25) is 0 Å². The van der Waals surface area contributed by atoms with Crippen molar-refractivity contribution in [3.05, 3.63) is 52.6 Å². The summed E-state index contributed by atoms with van der Waals surface area (Å²) in [6, 6.07) is 12.3. The molecule has 0 radical (unpaired) electrons. The van der Waals surface area contributed by atoms with E-state index >= 15 is 0 Å². The minimum absolute atomic E-state index is 0.670. The fraction of sp³-hybridized carbons (Fsp3) is 0.312. The summed E-state index contributed by atoms with van der Waals surface area (Å²) in [6.07, 6.45) is 3.86. The molecule has 0 aliphatic rings. The van der Waals surface area contributed by atoms with Crippen LogP contribution < -0.4 is 11.1 Å². The summed E-state index contributed by atoms with van der Waals surface area (Å²) in [4.78, 5) is 4.24. The zero-order valence-electron chi connectivity index (χ0n) is 12.1. The number of nitrogens with zero attached hydrogens (tertiary/aromatic N) is 1. The summed E-state index contributed by atoms with van der Waals surface area (Å²) in [5.41, 5.74) is 7.89. The van der Waals surface area contributed by atoms with Crippen molar-refractivity contribution in [2.24, 2.45) is 0 Å². The number of aryl methyl sites for hydroxylation is 1. The van der Waals surface area contributed by atoms with Crippen LogP contribution in [0.25, 0.3) is 0 Å². The van der Waals surface area contributed by atoms with Crippen molar-refractivity contribution < 1.29 is 0 Å². The van der Waals surface area contributed by atoms with E-state index in [1.807, 2.05) is 26.0 Å². The van der Waals surface area contributed by atoms with E-state index in [2.05, 4.69) is 50.5 Å². The van der Waals surface area contributed by atoms with E-state index < -0.39 is 0 Å². The second kappa shape index (κ2) is 9.37. The third-order valence-electron chi connectivity index (χ3n) is 2.66. The average Bonchev–Trinajstić information content (AvgIpc) is 2.48. The lowest BCUT2D eigenvalue weighted by Crippen LogP contribution is -2.07. The molecule has 4 heteroatoms. The topological polar surface area (TPSA) is 50.9 Å². The molecule has 3 nitrogen and oxygen atoms in total. The van der Waals surface area contributed by atoms with Gasteiger partial charge in [0.05, 0.1) is 5.69 Å². The van der Waals surface area contributed by atoms with Crippen LogP contribution in [0.3, 0.4) is 0 Å². The Bertz CT molecular complexity index is 500. The van der Waals surface area contributed by atoms with E-state index in [0.29, 0.717) is 5.69 Å². The van der Waals surface area contributed by atoms with Gasteiger partial charge in [0.15, 0.2) is 0 Å². The lowest BCUT2D eigenvalue weighted by atomic mass is 10.1. The van der Waals surface area contributed by atoms with Crippen LogP contribution in [0, 0.1) is 0 Å². The highest BCUT2D eigenvalue weighted by Gasteiger charge is 2.00. The fourth-order valence-electron chi connectivity index (χ4n) is 1.75. The molecule has 0 fully saturated rings. The van der Waals surface area contributed by atoms with Crippen molar-refractivity contribution in [3.8, 4) is 0 Å². The van der Waals surface area contributed by atoms with Gasteiger partial charge in [-0.15, -0.1) is 0 Å². The van der Waals surface area contributed by atoms with Gasteiger partial charge in [-0.05, 0) is 40.4 Å². The molecule has 2 rings (SSSR count). The van der Waals surface area contributed by atoms with E-state index in [-0.39, 0.29) is 0 Å². The Morgan fingerprint density at radius 1 is 1.20 bits per heavy atom. The maximum Gasteiger partial charge on any atom is 0.149 e. The van der Waals surface area contributed by atoms with Crippen LogP contribution in [0.2, 0.25) is 0 Å². The lowest BCUT2D eigenvalue weighted by Gasteiger charge is -2.08. The van der Waals surface area contributed by atoms with E-state index in [4.69, 9.17) is 5.73 Å². The van der Waals surface area contributed by atoms with Gasteiger partial charge in [0.2, 0.25) is 0 Å². The zero-order valence-corrected chi connectivity index (χ0v) is 13.7. The molecule has 0 amide bonds. The highest BCUT2D eigenvalue weighted by molar-refractivity contribution is 9.10. The third kappa shape index (κ3) is 5.61. The van der Waals surface area contributed by atoms with E-state index in [9.17, 15) is 0 Å². The van der Waals surface area contributed by atoms with Crippen LogP contribution in [-0.2, 0) is 6.42 Å². The Labute approximate surface area is 129 Å². The highest BCUT2D eigenvalue weighted by Crippen LogP contribution is 2.19. The Morgan fingerprint density at radius 3 is 2.55 bits per heavy atom. The van der Waals surface area contributed by atoms with Crippen molar-refractivity contribution in [2.45, 2.75) is 26.7 Å². The molecule has 1 aromatic heterocycles. The van der Waals surface area contributed by atoms with Gasteiger partial charge < -0.3 is 11.1 Å². The molecular formula is C16H22BrN3. The normalized spacial score (nSPS) is 9.55. The third-order valence-corrected chi connectivity index (χ3v) is 3.09. The number of aromatic nitrogens is 1. The quantitative estimate of drug-likeness (QED) is 0.791. The molecule has 1 aromatic carbocycles. The maximum atomic E-state index is 5.86. The predicted molar refractivity (Wildman–Crippen MR) is 91.0 cm³/mol. The fourth-order valence-corrected chi connectivity index (χ4v) is 2.10. The second-order valence-corrected chi connectivity index (χ2v) is 5.02. The van der Waals surface area contributed by atoms with E-state index in [0.717, 1.165) is 29.7 Å². The summed E-state index contributed by atoms with van der Waals surface area (Å²) in [6.45, 7) is 4.87. The number of nitrogens with one attached hydrogen (secondary N) is 1. The van der Waals surface area contributed by atoms with E-state index in [1.54, 1.807) is 6.20 Å². The van der Waals surface area contributed by atoms with Gasteiger partial charge in [-0.1, -0.05) is 44.2 Å². The maximum absolute atomic E-state index is 5.86. The summed E-state index contributed by atoms with van der Waals surface area (Å²) in [7, 11) is 0. The molecule has 0 atom stereocenters. The molecule has 2 aromatic rings. The van der Waals surface area contributed by atoms with Crippen LogP contribution in [-0.4, -0.2) is 11.5 Å². The van der Waals surface area contributed by atoms with Crippen molar-refractivity contribution in [1.82, 2.24) is 4.98 Å². The summed E-state index contributed by atoms with van der Waals surface area (Å²) < 4.78 is 0.898. The molecule has 20 heavy (non-hydrogen) atoms. The number of hydrogen-bond acceptors (Lipinski definition) is 3. The molecule has 0 spiro atoms. The standard InChI is InChI=1S/C14H16BrN3.C2H6/c15-12-9-13(16)14(18-10-12)17-8-4-7-11-5-2-1-3-6-11;1-2/h1-3,5-6,9-10H,4,7-8,16H2,(H,17,18);1-2H3. The number of hydrogen-bond donors (Lipinski definition) is 2. The number of benzene rings is 1. The molecule has 0 saturated heterocycles. The number of nitrogen functional groups attached to an aromatic ring is 1. The Morgan fingerprint density at radius 2 is 1.90 bits per heavy atom. The van der Waals surface area contributed by atoms with Crippen LogP contribution >= 0.6 is 15.9 Å². The van der Waals surface area contributed by atoms with Crippen LogP contribution in [0.5, 0.6) is 0 Å². The molecule has 3 N–H and O–H groups in total. The monoisotopic (exact) mass is 335 g/mol. The van der Waals surface area contributed by atoms with Crippen molar-refractivity contribution in [2.75, 3.05) is 17.6 Å². The Hall–Kier alpha value is -1.55. The lowest BCUT2D eigenvalue weighted by molar-refractivity contribution is 0.859. The van der Waals surface area contributed by atoms with Gasteiger partial charge in [0, 0.05) is 17.2 Å². The first-order valence-corrected chi connectivity index (χ1v) is 7.74. The van der Waals surface area contributed by atoms with Gasteiger partial charge in [-0.2, -0.15) is 0 Å². The molecule has 0 aliphatic carbocycles. The largest absolute Gasteiger partial charge is 0.396 e. The van der Waals surface area contributed by atoms with Gasteiger partial charge in [-0.25, -0.2) is 4.98 Å². The van der Waals surface area contributed by atoms with Gasteiger partial charge in [0.25, 0.3) is 0 Å². The number of nitrogens with two attached hydrogens (primary N) is 1. The van der Waals surface area contributed by atoms with Crippen molar-refractivity contribution in [3.63, 3.8) is 0 Å². The number of rotatable bonds is 5. The summed E-state index contributed by atoms with van der Waals surface area (Å²) >= 11 is 3.34. The first-order chi connectivity index (χ1) is 9.75. The minimum atomic E-state index is 0.670.